The third kappa shape index (κ3) is 3.17. The maximum atomic E-state index is 12.4. The smallest absolute Gasteiger partial charge is 0.342 e. The third-order valence-corrected chi connectivity index (χ3v) is 5.07. The van der Waals surface area contributed by atoms with Crippen LogP contribution < -0.4 is 4.74 Å². The number of fused-ring (bicyclic) bond motifs is 1. The molecule has 0 radical (unpaired) electrons. The van der Waals surface area contributed by atoms with Gasteiger partial charge in [0.25, 0.3) is 0 Å². The quantitative estimate of drug-likeness (QED) is 0.483. The molecule has 0 aliphatic carbocycles. The van der Waals surface area contributed by atoms with Gasteiger partial charge in [-0.25, -0.2) is 14.5 Å². The van der Waals surface area contributed by atoms with Gasteiger partial charge in [0.1, 0.15) is 11.3 Å². The average Bonchev–Trinajstić information content (AvgIpc) is 3.32. The van der Waals surface area contributed by atoms with Crippen molar-refractivity contribution in [2.75, 3.05) is 13.7 Å². The lowest BCUT2D eigenvalue weighted by molar-refractivity contribution is 0.0527. The minimum absolute atomic E-state index is 0.305. The van der Waals surface area contributed by atoms with Crippen molar-refractivity contribution < 1.29 is 14.3 Å². The Balaban J connectivity index is 1.89. The summed E-state index contributed by atoms with van der Waals surface area (Å²) in [5, 5.41) is 5.11. The molecule has 6 nitrogen and oxygen atoms in total. The van der Waals surface area contributed by atoms with E-state index in [1.807, 2.05) is 48.5 Å². The van der Waals surface area contributed by atoms with Crippen LogP contribution in [-0.4, -0.2) is 34.5 Å². The number of methoxy groups -OCH3 is 1. The number of carbonyl (C=O) groups is 1. The van der Waals surface area contributed by atoms with Gasteiger partial charge >= 0.3 is 5.97 Å². The fourth-order valence-electron chi connectivity index (χ4n) is 2.84. The number of esters is 1. The van der Waals surface area contributed by atoms with Gasteiger partial charge in [-0.15, -0.1) is 0 Å². The molecule has 0 atom stereocenters. The molecule has 2 aromatic heterocycles. The van der Waals surface area contributed by atoms with Crippen LogP contribution in [0.25, 0.3) is 26.6 Å². The molecule has 0 N–H and O–H groups in total. The largest absolute Gasteiger partial charge is 0.497 e. The second-order valence-electron chi connectivity index (χ2n) is 5.74. The normalized spacial score (nSPS) is 10.9. The number of carbonyl (C=O) groups excluding carboxylic acids is 1. The summed E-state index contributed by atoms with van der Waals surface area (Å²) in [7, 11) is 1.63. The number of rotatable bonds is 5. The molecule has 0 amide bonds. The molecule has 2 heterocycles. The molecule has 0 fully saturated rings. The number of hydrogen-bond donors (Lipinski definition) is 0. The first-order valence-electron chi connectivity index (χ1n) is 8.46. The fraction of sp³-hybridized carbons (Fsp3) is 0.150. The molecule has 0 saturated heterocycles. The van der Waals surface area contributed by atoms with E-state index < -0.39 is 5.97 Å². The number of ether oxygens (including phenoxy) is 2. The lowest BCUT2D eigenvalue weighted by Crippen LogP contribution is -2.07. The molecule has 4 rings (SSSR count). The third-order valence-electron chi connectivity index (χ3n) is 4.08. The summed E-state index contributed by atoms with van der Waals surface area (Å²) in [5.74, 6) is 0.374. The molecule has 0 aliphatic rings. The van der Waals surface area contributed by atoms with Crippen LogP contribution in [0.3, 0.4) is 0 Å². The molecule has 2 aromatic carbocycles. The SMILES string of the molecule is CCOC(=O)c1cnn(-c2nc3ccc(OC)cc3s2)c1-c1ccccc1. The molecule has 0 bridgehead atoms. The monoisotopic (exact) mass is 379 g/mol. The number of benzene rings is 2. The predicted molar refractivity (Wildman–Crippen MR) is 105 cm³/mol. The molecule has 4 aromatic rings. The topological polar surface area (TPSA) is 66.2 Å². The van der Waals surface area contributed by atoms with Crippen LogP contribution >= 0.6 is 11.3 Å². The number of nitrogens with zero attached hydrogens (tertiary/aromatic N) is 3. The Morgan fingerprint density at radius 1 is 1.19 bits per heavy atom. The van der Waals surface area contributed by atoms with Crippen LogP contribution in [-0.2, 0) is 4.74 Å². The van der Waals surface area contributed by atoms with Crippen molar-refractivity contribution in [2.24, 2.45) is 0 Å². The van der Waals surface area contributed by atoms with Crippen LogP contribution in [0.5, 0.6) is 5.75 Å². The van der Waals surface area contributed by atoms with Crippen molar-refractivity contribution in [3.63, 3.8) is 0 Å². The zero-order valence-electron chi connectivity index (χ0n) is 14.9. The van der Waals surface area contributed by atoms with Crippen LogP contribution in [0.2, 0.25) is 0 Å². The van der Waals surface area contributed by atoms with Crippen LogP contribution in [0.15, 0.2) is 54.7 Å². The summed E-state index contributed by atoms with van der Waals surface area (Å²) >= 11 is 1.48. The second-order valence-corrected chi connectivity index (χ2v) is 6.74. The Labute approximate surface area is 160 Å². The molecule has 27 heavy (non-hydrogen) atoms. The molecule has 136 valence electrons. The maximum absolute atomic E-state index is 12.4. The second kappa shape index (κ2) is 7.20. The van der Waals surface area contributed by atoms with Gasteiger partial charge in [0.2, 0.25) is 5.13 Å². The molecular weight excluding hydrogens is 362 g/mol. The maximum Gasteiger partial charge on any atom is 0.342 e. The van der Waals surface area contributed by atoms with Crippen LogP contribution in [0, 0.1) is 0 Å². The van der Waals surface area contributed by atoms with E-state index in [1.54, 1.807) is 18.7 Å². The van der Waals surface area contributed by atoms with Gasteiger partial charge in [0.15, 0.2) is 0 Å². The number of hydrogen-bond acceptors (Lipinski definition) is 6. The summed E-state index contributed by atoms with van der Waals surface area (Å²) < 4.78 is 13.2. The van der Waals surface area contributed by atoms with E-state index in [0.717, 1.165) is 21.5 Å². The highest BCUT2D eigenvalue weighted by Crippen LogP contribution is 2.32. The zero-order valence-corrected chi connectivity index (χ0v) is 15.7. The van der Waals surface area contributed by atoms with E-state index in [0.29, 0.717) is 23.0 Å². The van der Waals surface area contributed by atoms with Gasteiger partial charge in [-0.1, -0.05) is 41.7 Å². The van der Waals surface area contributed by atoms with Crippen molar-refractivity contribution in [1.29, 1.82) is 0 Å². The first-order valence-corrected chi connectivity index (χ1v) is 9.28. The molecule has 0 spiro atoms. The minimum Gasteiger partial charge on any atom is -0.497 e. The number of aromatic nitrogens is 3. The van der Waals surface area contributed by atoms with Gasteiger partial charge in [0.05, 0.1) is 35.8 Å². The van der Waals surface area contributed by atoms with Crippen molar-refractivity contribution in [2.45, 2.75) is 6.92 Å². The average molecular weight is 379 g/mol. The van der Waals surface area contributed by atoms with Crippen LogP contribution in [0.1, 0.15) is 17.3 Å². The van der Waals surface area contributed by atoms with Gasteiger partial charge in [-0.2, -0.15) is 5.10 Å². The van der Waals surface area contributed by atoms with Gasteiger partial charge in [-0.3, -0.25) is 0 Å². The minimum atomic E-state index is -0.398. The molecule has 0 saturated carbocycles. The predicted octanol–water partition coefficient (Wildman–Crippen LogP) is 4.33. The standard InChI is InChI=1S/C20H17N3O3S/c1-3-26-19(24)15-12-21-23(18(15)13-7-5-4-6-8-13)20-22-16-10-9-14(25-2)11-17(16)27-20/h4-12H,3H2,1-2H3. The van der Waals surface area contributed by atoms with Crippen molar-refractivity contribution >= 4 is 27.5 Å². The number of thiazole rings is 1. The van der Waals surface area contributed by atoms with E-state index in [9.17, 15) is 4.79 Å². The summed E-state index contributed by atoms with van der Waals surface area (Å²) in [5.41, 5.74) is 2.80. The van der Waals surface area contributed by atoms with Crippen LogP contribution in [0.4, 0.5) is 0 Å². The van der Waals surface area contributed by atoms with Gasteiger partial charge in [-0.05, 0) is 25.1 Å². The lowest BCUT2D eigenvalue weighted by atomic mass is 10.1. The van der Waals surface area contributed by atoms with E-state index >= 15 is 0 Å². The summed E-state index contributed by atoms with van der Waals surface area (Å²) in [6, 6.07) is 15.4. The highest BCUT2D eigenvalue weighted by Gasteiger charge is 2.22. The van der Waals surface area contributed by atoms with Gasteiger partial charge in [0, 0.05) is 5.56 Å². The lowest BCUT2D eigenvalue weighted by Gasteiger charge is -2.07. The molecule has 0 aliphatic heterocycles. The first kappa shape index (κ1) is 17.2. The summed E-state index contributed by atoms with van der Waals surface area (Å²) in [6.07, 6.45) is 1.53. The van der Waals surface area contributed by atoms with Crippen molar-refractivity contribution in [3.05, 3.63) is 60.3 Å². The molecular formula is C20H17N3O3S. The van der Waals surface area contributed by atoms with E-state index in [-0.39, 0.29) is 0 Å². The summed E-state index contributed by atoms with van der Waals surface area (Å²) in [4.78, 5) is 17.1. The Morgan fingerprint density at radius 2 is 2.00 bits per heavy atom. The van der Waals surface area contributed by atoms with Crippen molar-refractivity contribution in [3.8, 4) is 22.1 Å². The molecule has 0 unspecified atom stereocenters. The molecule has 7 heteroatoms. The van der Waals surface area contributed by atoms with Crippen molar-refractivity contribution in [1.82, 2.24) is 14.8 Å². The Kier molecular flexibility index (Phi) is 4.60. The van der Waals surface area contributed by atoms with E-state index in [4.69, 9.17) is 9.47 Å². The Morgan fingerprint density at radius 3 is 2.74 bits per heavy atom. The zero-order chi connectivity index (χ0) is 18.8. The highest BCUT2D eigenvalue weighted by molar-refractivity contribution is 7.20. The highest BCUT2D eigenvalue weighted by atomic mass is 32.1. The summed E-state index contributed by atoms with van der Waals surface area (Å²) in [6.45, 7) is 2.09. The Hall–Kier alpha value is -3.19. The fourth-order valence-corrected chi connectivity index (χ4v) is 3.79. The first-order chi connectivity index (χ1) is 13.2. The Bertz CT molecular complexity index is 1100. The van der Waals surface area contributed by atoms with Gasteiger partial charge < -0.3 is 9.47 Å². The van der Waals surface area contributed by atoms with E-state index in [2.05, 4.69) is 10.1 Å². The van der Waals surface area contributed by atoms with E-state index in [1.165, 1.54) is 17.5 Å².